The lowest BCUT2D eigenvalue weighted by molar-refractivity contribution is -0.150. The van der Waals surface area contributed by atoms with E-state index < -0.39 is 6.04 Å². The van der Waals surface area contributed by atoms with Crippen LogP contribution in [-0.4, -0.2) is 77.5 Å². The van der Waals surface area contributed by atoms with Gasteiger partial charge in [0, 0.05) is 55.2 Å². The summed E-state index contributed by atoms with van der Waals surface area (Å²) < 4.78 is 18.1. The third kappa shape index (κ3) is 6.90. The van der Waals surface area contributed by atoms with Gasteiger partial charge in [-0.1, -0.05) is 30.3 Å². The number of ether oxygens (including phenoxy) is 3. The molecule has 2 aromatic heterocycles. The summed E-state index contributed by atoms with van der Waals surface area (Å²) in [5, 5.41) is 0.980. The number of benzene rings is 3. The molecular weight excluding hydrogens is 641 g/mol. The molecule has 250 valence electrons. The number of aromatic nitrogens is 2. The zero-order valence-corrected chi connectivity index (χ0v) is 28.2. The zero-order valence-electron chi connectivity index (χ0n) is 27.4. The van der Waals surface area contributed by atoms with Crippen LogP contribution in [0.25, 0.3) is 31.9 Å². The Hall–Kier alpha value is -5.13. The van der Waals surface area contributed by atoms with Gasteiger partial charge in [-0.05, 0) is 72.9 Å². The monoisotopic (exact) mass is 676 g/mol. The van der Waals surface area contributed by atoms with E-state index in [1.54, 1.807) is 35.5 Å². The Balaban J connectivity index is 0.830. The van der Waals surface area contributed by atoms with Crippen LogP contribution in [0.1, 0.15) is 40.9 Å². The second-order valence-electron chi connectivity index (χ2n) is 12.1. The molecule has 10 nitrogen and oxygen atoms in total. The van der Waals surface area contributed by atoms with E-state index in [0.29, 0.717) is 44.1 Å². The highest BCUT2D eigenvalue weighted by molar-refractivity contribution is 7.21. The van der Waals surface area contributed by atoms with Crippen LogP contribution < -0.4 is 9.47 Å². The highest BCUT2D eigenvalue weighted by atomic mass is 32.1. The molecule has 1 saturated heterocycles. The van der Waals surface area contributed by atoms with E-state index in [9.17, 15) is 14.4 Å². The Morgan fingerprint density at radius 3 is 2.47 bits per heavy atom. The number of carbonyl (C=O) groups is 3. The molecule has 2 aliphatic heterocycles. The number of carbonyl (C=O) groups excluding carboxylic acids is 3. The number of rotatable bonds is 12. The first kappa shape index (κ1) is 32.4. The van der Waals surface area contributed by atoms with Crippen LogP contribution in [0, 0.1) is 0 Å². The molecule has 0 bridgehead atoms. The zero-order chi connectivity index (χ0) is 33.9. The lowest BCUT2D eigenvalue weighted by Crippen LogP contribution is -2.53. The summed E-state index contributed by atoms with van der Waals surface area (Å²) in [5.41, 5.74) is 6.61. The molecule has 0 aliphatic carbocycles. The number of nitrogens with zero attached hydrogens (tertiary/aromatic N) is 4. The molecule has 7 rings (SSSR count). The lowest BCUT2D eigenvalue weighted by atomic mass is 10.0. The average molecular weight is 677 g/mol. The SMILES string of the molecule is COc1ccc2nc(-c3ccc(-c4ccc(CCCOCCOc5ccc6c(c5)CN(C5CCC(=O)N(C)C5=O)C6=O)nc4)cc3)sc2c1. The smallest absolute Gasteiger partial charge is 0.255 e. The van der Waals surface area contributed by atoms with E-state index in [1.165, 1.54) is 7.05 Å². The predicted molar refractivity (Wildman–Crippen MR) is 187 cm³/mol. The molecule has 1 atom stereocenters. The maximum absolute atomic E-state index is 13.0. The molecule has 5 aromatic rings. The van der Waals surface area contributed by atoms with E-state index in [0.717, 1.165) is 66.7 Å². The molecule has 3 amide bonds. The maximum atomic E-state index is 13.0. The first-order chi connectivity index (χ1) is 23.9. The quantitative estimate of drug-likeness (QED) is 0.114. The number of piperidine rings is 1. The number of fused-ring (bicyclic) bond motifs is 2. The largest absolute Gasteiger partial charge is 0.497 e. The number of likely N-dealkylation sites (tertiary alicyclic amines) is 1. The number of pyridine rings is 1. The Labute approximate surface area is 288 Å². The van der Waals surface area contributed by atoms with Crippen molar-refractivity contribution in [3.63, 3.8) is 0 Å². The maximum Gasteiger partial charge on any atom is 0.255 e. The van der Waals surface area contributed by atoms with Crippen LogP contribution in [-0.2, 0) is 27.3 Å². The van der Waals surface area contributed by atoms with Crippen LogP contribution in [0.3, 0.4) is 0 Å². The van der Waals surface area contributed by atoms with E-state index in [-0.39, 0.29) is 24.1 Å². The third-order valence-electron chi connectivity index (χ3n) is 9.01. The molecule has 0 N–H and O–H groups in total. The van der Waals surface area contributed by atoms with Crippen LogP contribution in [0.5, 0.6) is 11.5 Å². The summed E-state index contributed by atoms with van der Waals surface area (Å²) in [6, 6.07) is 23.3. The molecule has 1 unspecified atom stereocenters. The molecular formula is C38H36N4O6S. The summed E-state index contributed by atoms with van der Waals surface area (Å²) in [6.07, 6.45) is 4.17. The van der Waals surface area contributed by atoms with Crippen molar-refractivity contribution in [3.05, 3.63) is 95.8 Å². The minimum atomic E-state index is -0.617. The molecule has 11 heteroatoms. The van der Waals surface area contributed by atoms with Crippen molar-refractivity contribution in [3.8, 4) is 33.2 Å². The number of thiazole rings is 1. The molecule has 4 heterocycles. The summed E-state index contributed by atoms with van der Waals surface area (Å²) in [4.78, 5) is 49.6. The number of hydrogen-bond acceptors (Lipinski definition) is 9. The summed E-state index contributed by atoms with van der Waals surface area (Å²) in [5.74, 6) is 0.753. The first-order valence-electron chi connectivity index (χ1n) is 16.3. The molecule has 2 aliphatic rings. The molecule has 0 spiro atoms. The van der Waals surface area contributed by atoms with Crippen molar-refractivity contribution in [2.24, 2.45) is 0 Å². The fourth-order valence-electron chi connectivity index (χ4n) is 6.23. The Morgan fingerprint density at radius 1 is 0.878 bits per heavy atom. The van der Waals surface area contributed by atoms with Crippen molar-refractivity contribution in [2.75, 3.05) is 34.0 Å². The number of hydrogen-bond donors (Lipinski definition) is 0. The second kappa shape index (κ2) is 14.2. The number of methoxy groups -OCH3 is 1. The van der Waals surface area contributed by atoms with E-state index in [1.807, 2.05) is 30.5 Å². The number of likely N-dealkylation sites (N-methyl/N-ethyl adjacent to an activating group) is 1. The fourth-order valence-corrected chi connectivity index (χ4v) is 7.23. The Bertz CT molecular complexity index is 2010. The van der Waals surface area contributed by atoms with E-state index in [4.69, 9.17) is 19.2 Å². The van der Waals surface area contributed by atoms with Gasteiger partial charge in [-0.2, -0.15) is 0 Å². The average Bonchev–Trinajstić information content (AvgIpc) is 3.70. The minimum Gasteiger partial charge on any atom is -0.497 e. The number of aryl methyl sites for hydroxylation is 1. The topological polar surface area (TPSA) is 111 Å². The van der Waals surface area contributed by atoms with Gasteiger partial charge in [-0.3, -0.25) is 24.3 Å². The van der Waals surface area contributed by atoms with Crippen molar-refractivity contribution >= 4 is 39.3 Å². The van der Waals surface area contributed by atoms with Gasteiger partial charge in [-0.15, -0.1) is 11.3 Å². The Morgan fingerprint density at radius 2 is 1.67 bits per heavy atom. The highest BCUT2D eigenvalue weighted by Gasteiger charge is 2.41. The van der Waals surface area contributed by atoms with Crippen molar-refractivity contribution in [1.82, 2.24) is 19.8 Å². The third-order valence-corrected chi connectivity index (χ3v) is 10.1. The first-order valence-corrected chi connectivity index (χ1v) is 17.1. The standard InChI is InChI=1S/C38H36N4O6S/c1-41-35(43)16-15-33(38(41)45)42-23-27-20-30(11-13-31(27)37(42)44)48-19-18-47-17-3-4-28-10-9-26(22-39-28)24-5-7-25(8-6-24)36-40-32-14-12-29(46-2)21-34(32)49-36/h5-14,20-22,33H,3-4,15-19,23H2,1-2H3. The summed E-state index contributed by atoms with van der Waals surface area (Å²) in [7, 11) is 3.14. The van der Waals surface area contributed by atoms with Gasteiger partial charge >= 0.3 is 0 Å². The van der Waals surface area contributed by atoms with Crippen LogP contribution in [0.15, 0.2) is 79.0 Å². The van der Waals surface area contributed by atoms with Gasteiger partial charge in [-0.25, -0.2) is 4.98 Å². The van der Waals surface area contributed by atoms with E-state index in [2.05, 4.69) is 41.4 Å². The van der Waals surface area contributed by atoms with Crippen LogP contribution >= 0.6 is 11.3 Å². The predicted octanol–water partition coefficient (Wildman–Crippen LogP) is 6.17. The second-order valence-corrected chi connectivity index (χ2v) is 13.2. The normalized spacial score (nSPS) is 16.0. The minimum absolute atomic E-state index is 0.188. The van der Waals surface area contributed by atoms with Crippen molar-refractivity contribution in [1.29, 1.82) is 0 Å². The van der Waals surface area contributed by atoms with Gasteiger partial charge in [0.2, 0.25) is 5.91 Å². The molecule has 0 radical (unpaired) electrons. The molecule has 49 heavy (non-hydrogen) atoms. The molecule has 3 aromatic carbocycles. The lowest BCUT2D eigenvalue weighted by Gasteiger charge is -2.33. The number of imide groups is 1. The summed E-state index contributed by atoms with van der Waals surface area (Å²) >= 11 is 1.65. The Kier molecular flexibility index (Phi) is 9.36. The van der Waals surface area contributed by atoms with Crippen molar-refractivity contribution < 1.29 is 28.6 Å². The van der Waals surface area contributed by atoms with Gasteiger partial charge < -0.3 is 19.1 Å². The highest BCUT2D eigenvalue weighted by Crippen LogP contribution is 2.34. The van der Waals surface area contributed by atoms with Crippen LogP contribution in [0.2, 0.25) is 0 Å². The number of amides is 3. The van der Waals surface area contributed by atoms with Gasteiger partial charge in [0.15, 0.2) is 0 Å². The van der Waals surface area contributed by atoms with Crippen molar-refractivity contribution in [2.45, 2.75) is 38.3 Å². The van der Waals surface area contributed by atoms with Gasteiger partial charge in [0.25, 0.3) is 11.8 Å². The molecule has 1 fully saturated rings. The molecule has 0 saturated carbocycles. The van der Waals surface area contributed by atoms with Gasteiger partial charge in [0.05, 0.1) is 23.9 Å². The van der Waals surface area contributed by atoms with Crippen LogP contribution in [0.4, 0.5) is 0 Å². The fraction of sp³-hybridized carbons (Fsp3) is 0.289. The van der Waals surface area contributed by atoms with Gasteiger partial charge in [0.1, 0.15) is 29.2 Å². The summed E-state index contributed by atoms with van der Waals surface area (Å²) in [6.45, 7) is 1.73. The van der Waals surface area contributed by atoms with E-state index >= 15 is 0 Å².